The molecule has 0 bridgehead atoms. The minimum absolute atomic E-state index is 0.0779. The third-order valence-corrected chi connectivity index (χ3v) is 10.4. The van der Waals surface area contributed by atoms with Crippen molar-refractivity contribution in [3.63, 3.8) is 0 Å². The summed E-state index contributed by atoms with van der Waals surface area (Å²) in [5.74, 6) is -1.80. The molecule has 0 aliphatic heterocycles. The van der Waals surface area contributed by atoms with Crippen LogP contribution in [0.2, 0.25) is 0 Å². The Kier molecular flexibility index (Phi) is 25.0. The van der Waals surface area contributed by atoms with Gasteiger partial charge in [-0.2, -0.15) is 26.3 Å². The van der Waals surface area contributed by atoms with Gasteiger partial charge in [-0.25, -0.2) is 18.5 Å². The Morgan fingerprint density at radius 1 is 0.919 bits per heavy atom. The lowest BCUT2D eigenvalue weighted by Gasteiger charge is -2.26. The van der Waals surface area contributed by atoms with Gasteiger partial charge in [-0.15, -0.1) is 5.10 Å². The average Bonchev–Trinajstić information content (AvgIpc) is 3.80. The summed E-state index contributed by atoms with van der Waals surface area (Å²) in [5.41, 5.74) is -1.35. The van der Waals surface area contributed by atoms with Crippen molar-refractivity contribution in [3.8, 4) is 22.4 Å². The number of nitrogens with zero attached hydrogens (tertiary/aromatic N) is 5. The van der Waals surface area contributed by atoms with Crippen LogP contribution in [0, 0.1) is 5.82 Å². The van der Waals surface area contributed by atoms with Gasteiger partial charge in [-0.05, 0) is 98.2 Å². The fourth-order valence-electron chi connectivity index (χ4n) is 5.65. The van der Waals surface area contributed by atoms with Crippen LogP contribution in [0.1, 0.15) is 49.5 Å². The van der Waals surface area contributed by atoms with E-state index in [-0.39, 0.29) is 34.9 Å². The molecule has 408 valence electrons. The van der Waals surface area contributed by atoms with Crippen LogP contribution >= 0.6 is 18.9 Å². The third-order valence-electron chi connectivity index (χ3n) is 8.92. The van der Waals surface area contributed by atoms with E-state index in [1.807, 2.05) is 30.4 Å². The van der Waals surface area contributed by atoms with E-state index in [0.29, 0.717) is 48.8 Å². The van der Waals surface area contributed by atoms with E-state index in [1.165, 1.54) is 60.5 Å². The highest BCUT2D eigenvalue weighted by Crippen LogP contribution is 2.34. The Labute approximate surface area is 426 Å². The molecular weight excluding hydrogens is 1060 g/mol. The Balaban J connectivity index is 0.000000421. The molecule has 0 spiro atoms. The maximum Gasteiger partial charge on any atom is 0.445 e. The normalized spacial score (nSPS) is 12.4. The van der Waals surface area contributed by atoms with Crippen LogP contribution in [-0.2, 0) is 67.0 Å². The number of carboxylic acid groups (broad SMARTS) is 1. The van der Waals surface area contributed by atoms with Gasteiger partial charge in [0, 0.05) is 30.4 Å². The first-order valence-corrected chi connectivity index (χ1v) is 26.4. The highest BCUT2D eigenvalue weighted by molar-refractivity contribution is 7.94. The van der Waals surface area contributed by atoms with Crippen LogP contribution in [0.3, 0.4) is 0 Å². The summed E-state index contributed by atoms with van der Waals surface area (Å²) in [6.07, 6.45) is -3.64. The molecule has 2 aromatic heterocycles. The molecule has 0 aliphatic rings. The third kappa shape index (κ3) is 21.6. The molecule has 19 nitrogen and oxygen atoms in total. The topological polar surface area (TPSA) is 254 Å². The monoisotopic (exact) mass is 1110 g/mol. The number of aryl methyl sites for hydroxylation is 1. The summed E-state index contributed by atoms with van der Waals surface area (Å²) in [4.78, 5) is 77.9. The van der Waals surface area contributed by atoms with Gasteiger partial charge in [0.05, 0.1) is 44.4 Å². The van der Waals surface area contributed by atoms with E-state index < -0.39 is 91.1 Å². The predicted octanol–water partition coefficient (Wildman–Crippen LogP) is 5.81. The van der Waals surface area contributed by atoms with Gasteiger partial charge in [0.25, 0.3) is 16.7 Å². The van der Waals surface area contributed by atoms with Gasteiger partial charge in [-0.3, -0.25) is 24.3 Å². The van der Waals surface area contributed by atoms with Crippen molar-refractivity contribution in [2.45, 2.75) is 65.2 Å². The van der Waals surface area contributed by atoms with Crippen molar-refractivity contribution >= 4 is 53.4 Å². The standard InChI is InChI=1S/C25H25F3N2O6.C14H13F4N3O2S.C3H8NO5P.C3H9S/c1-5-16-6-7-17(20(12-16)36-15(2)23(32)34-4)14-35-19-10-8-18(9-11-19)30-22(31)13-21(25(26,27)28)29(3)24(30)33;1-8(2)21(10-5-3-9(15)4-6-10)11(22)7-23-13-20-19-12(24-13)14(16,17)18;5-3(6)1-4-2-10(7,8)9;1-4(2)3/h6-13,15H,5,14H2,1-4H3;3-6,8H,7H2,1-2H3;4H,1-2H2,(H,5,6)(H2,7,8,9);1-3H3/q;;;+1/p-1. The van der Waals surface area contributed by atoms with Gasteiger partial charge >= 0.3 is 30.0 Å². The van der Waals surface area contributed by atoms with E-state index in [2.05, 4.69) is 29.0 Å². The number of aliphatic carboxylic acids is 1. The number of halogens is 7. The fourth-order valence-corrected chi connectivity index (χ4v) is 6.61. The number of methoxy groups -OCH3 is 1. The molecule has 2 atom stereocenters. The predicted molar refractivity (Wildman–Crippen MR) is 259 cm³/mol. The molecule has 74 heavy (non-hydrogen) atoms. The maximum absolute atomic E-state index is 13.1. The van der Waals surface area contributed by atoms with Crippen LogP contribution in [0.5, 0.6) is 16.7 Å². The molecule has 0 aliphatic carbocycles. The maximum atomic E-state index is 13.1. The van der Waals surface area contributed by atoms with Gasteiger partial charge in [0.1, 0.15) is 37.2 Å². The molecule has 0 radical (unpaired) electrons. The molecule has 0 saturated carbocycles. The first-order valence-electron chi connectivity index (χ1n) is 21.3. The van der Waals surface area contributed by atoms with Gasteiger partial charge in [-0.1, -0.05) is 35.5 Å². The van der Waals surface area contributed by atoms with E-state index in [1.54, 1.807) is 20.8 Å². The molecule has 2 unspecified atom stereocenters. The van der Waals surface area contributed by atoms with E-state index in [9.17, 15) is 64.2 Å². The number of ether oxygens (including phenoxy) is 4. The van der Waals surface area contributed by atoms with Crippen molar-refractivity contribution in [3.05, 3.63) is 121 Å². The lowest BCUT2D eigenvalue weighted by molar-refractivity contribution is -0.193. The molecule has 5 rings (SSSR count). The molecule has 3 N–H and O–H groups in total. The minimum Gasteiger partial charge on any atom is -0.778 e. The molecule has 0 saturated heterocycles. The Morgan fingerprint density at radius 3 is 2.00 bits per heavy atom. The zero-order chi connectivity index (χ0) is 56.3. The smallest absolute Gasteiger partial charge is 0.445 e. The summed E-state index contributed by atoms with van der Waals surface area (Å²) in [6.45, 7) is 6.13. The molecule has 1 amide bonds. The van der Waals surface area contributed by atoms with Crippen LogP contribution in [0.4, 0.5) is 36.4 Å². The van der Waals surface area contributed by atoms with E-state index >= 15 is 0 Å². The zero-order valence-corrected chi connectivity index (χ0v) is 43.7. The largest absolute Gasteiger partial charge is 0.778 e. The second-order valence-corrected chi connectivity index (χ2v) is 20.7. The Bertz CT molecular complexity index is 2780. The molecule has 3 aromatic carbocycles. The molecule has 5 aromatic rings. The van der Waals surface area contributed by atoms with Crippen LogP contribution in [0.25, 0.3) is 5.69 Å². The van der Waals surface area contributed by atoms with Crippen molar-refractivity contribution in [1.29, 1.82) is 0 Å². The lowest BCUT2D eigenvalue weighted by atomic mass is 10.1. The number of hydrogen-bond donors (Lipinski definition) is 3. The number of rotatable bonds is 17. The van der Waals surface area contributed by atoms with Crippen LogP contribution in [-0.4, -0.2) is 105 Å². The van der Waals surface area contributed by atoms with E-state index in [4.69, 9.17) is 28.9 Å². The number of alkyl halides is 6. The number of carbonyl (C=O) groups is 3. The summed E-state index contributed by atoms with van der Waals surface area (Å²) in [7, 11) is -1.49. The number of anilines is 1. The van der Waals surface area contributed by atoms with Crippen LogP contribution < -0.4 is 40.6 Å². The lowest BCUT2D eigenvalue weighted by Crippen LogP contribution is -2.40. The number of benzene rings is 3. The first kappa shape index (κ1) is 63.8. The summed E-state index contributed by atoms with van der Waals surface area (Å²) >= 11 is 0.210. The number of hydrogen-bond acceptors (Lipinski definition) is 15. The SMILES string of the molecule is CC(C)N(C(=O)COc1nnc(C(F)(F)F)s1)c1ccc(F)cc1.CCc1ccc(COc2ccc(-n3c(=O)cc(C(F)(F)F)n(C)c3=O)cc2)c(OC(C)C(=O)OC)c1.C[S+](C)C.O=C(O)CNCP(=O)([O-])O. The number of carboxylic acids is 1. The highest BCUT2D eigenvalue weighted by atomic mass is 32.2. The van der Waals surface area contributed by atoms with Gasteiger partial charge < -0.3 is 43.3 Å². The fraction of sp³-hybridized carbons (Fsp3) is 0.400. The van der Waals surface area contributed by atoms with Crippen molar-refractivity contribution in [1.82, 2.24) is 24.6 Å². The number of nitrogens with one attached hydrogen (secondary N) is 1. The molecule has 0 fully saturated rings. The molecule has 29 heteroatoms. The van der Waals surface area contributed by atoms with Gasteiger partial charge in [0.2, 0.25) is 5.01 Å². The molecular formula is C45H54F7N6O13PS2. The second kappa shape index (κ2) is 28.9. The second-order valence-electron chi connectivity index (χ2n) is 15.7. The molecule has 2 heterocycles. The number of carbonyl (C=O) groups excluding carboxylic acids is 2. The quantitative estimate of drug-likeness (QED) is 0.0430. The first-order chi connectivity index (χ1) is 34.3. The number of esters is 1. The Morgan fingerprint density at radius 2 is 1.51 bits per heavy atom. The number of amides is 1. The van der Waals surface area contributed by atoms with Gasteiger partial charge in [0.15, 0.2) is 12.7 Å². The van der Waals surface area contributed by atoms with Crippen molar-refractivity contribution in [2.75, 3.05) is 50.2 Å². The highest BCUT2D eigenvalue weighted by Gasteiger charge is 2.37. The average molecular weight is 1120 g/mol. The number of aromatic nitrogens is 4. The van der Waals surface area contributed by atoms with Crippen molar-refractivity contribution in [2.24, 2.45) is 7.05 Å². The van der Waals surface area contributed by atoms with Crippen LogP contribution in [0.15, 0.2) is 82.4 Å². The Hall–Kier alpha value is -6.32. The minimum atomic E-state index is -4.84. The summed E-state index contributed by atoms with van der Waals surface area (Å²) < 4.78 is 122. The summed E-state index contributed by atoms with van der Waals surface area (Å²) in [5, 5.41) is 14.7. The van der Waals surface area contributed by atoms with E-state index in [0.717, 1.165) is 19.0 Å². The zero-order valence-electron chi connectivity index (χ0n) is 41.1. The van der Waals surface area contributed by atoms with Crippen molar-refractivity contribution < 1.29 is 83.5 Å². The summed E-state index contributed by atoms with van der Waals surface area (Å²) in [6, 6.07) is 16.7.